The van der Waals surface area contributed by atoms with Crippen molar-refractivity contribution in [3.63, 3.8) is 0 Å². The number of hydrogen-bond acceptors (Lipinski definition) is 3. The van der Waals surface area contributed by atoms with E-state index in [9.17, 15) is 4.79 Å². The number of carbonyl (C=O) groups is 1. The van der Waals surface area contributed by atoms with Crippen molar-refractivity contribution in [1.82, 2.24) is 15.1 Å². The fourth-order valence-corrected chi connectivity index (χ4v) is 2.29. The zero-order chi connectivity index (χ0) is 11.6. The number of ketones is 1. The van der Waals surface area contributed by atoms with Crippen LogP contribution in [0.4, 0.5) is 0 Å². The van der Waals surface area contributed by atoms with Gasteiger partial charge in [0.05, 0.1) is 5.54 Å². The maximum Gasteiger partial charge on any atom is 0.200 e. The molecule has 16 heavy (non-hydrogen) atoms. The molecule has 1 aliphatic rings. The van der Waals surface area contributed by atoms with E-state index < -0.39 is 0 Å². The van der Waals surface area contributed by atoms with Crippen molar-refractivity contribution < 1.29 is 4.79 Å². The Balaban J connectivity index is 2.23. The third kappa shape index (κ3) is 1.89. The van der Waals surface area contributed by atoms with E-state index in [1.165, 1.54) is 0 Å². The predicted molar refractivity (Wildman–Crippen MR) is 62.5 cm³/mol. The van der Waals surface area contributed by atoms with Gasteiger partial charge in [-0.05, 0) is 38.8 Å². The van der Waals surface area contributed by atoms with E-state index in [4.69, 9.17) is 0 Å². The number of Topliss-reactive ketones (excluding diaryl/α,β-unsaturated/α-hetero) is 1. The van der Waals surface area contributed by atoms with Gasteiger partial charge in [0.15, 0.2) is 0 Å². The van der Waals surface area contributed by atoms with Gasteiger partial charge >= 0.3 is 0 Å². The van der Waals surface area contributed by atoms with Crippen molar-refractivity contribution in [3.8, 4) is 0 Å². The molecule has 0 bridgehead atoms. The van der Waals surface area contributed by atoms with Crippen LogP contribution in [0.15, 0.2) is 12.3 Å². The van der Waals surface area contributed by atoms with Crippen molar-refractivity contribution >= 4 is 5.78 Å². The van der Waals surface area contributed by atoms with Gasteiger partial charge in [-0.25, -0.2) is 0 Å². The van der Waals surface area contributed by atoms with Gasteiger partial charge in [0.1, 0.15) is 5.69 Å². The summed E-state index contributed by atoms with van der Waals surface area (Å²) in [6.07, 6.45) is 4.70. The molecule has 2 rings (SSSR count). The van der Waals surface area contributed by atoms with Crippen LogP contribution in [0, 0.1) is 0 Å². The third-order valence-electron chi connectivity index (χ3n) is 3.25. The lowest BCUT2D eigenvalue weighted by Crippen LogP contribution is -2.45. The third-order valence-corrected chi connectivity index (χ3v) is 3.25. The van der Waals surface area contributed by atoms with E-state index in [0.717, 1.165) is 38.0 Å². The SMILES string of the molecule is CCCn1nccc1C(=O)C1(C)CCCN1. The highest BCUT2D eigenvalue weighted by atomic mass is 16.1. The molecule has 0 aromatic carbocycles. The van der Waals surface area contributed by atoms with Crippen molar-refractivity contribution in [1.29, 1.82) is 0 Å². The topological polar surface area (TPSA) is 46.9 Å². The van der Waals surface area contributed by atoms with E-state index in [0.29, 0.717) is 0 Å². The number of aryl methyl sites for hydroxylation is 1. The van der Waals surface area contributed by atoms with Crippen LogP contribution >= 0.6 is 0 Å². The quantitative estimate of drug-likeness (QED) is 0.786. The van der Waals surface area contributed by atoms with Crippen LogP contribution in [-0.2, 0) is 6.54 Å². The molecule has 2 heterocycles. The number of carbonyl (C=O) groups excluding carboxylic acids is 1. The number of rotatable bonds is 4. The van der Waals surface area contributed by atoms with Crippen molar-refractivity contribution in [2.75, 3.05) is 6.54 Å². The zero-order valence-electron chi connectivity index (χ0n) is 9.99. The van der Waals surface area contributed by atoms with Crippen molar-refractivity contribution in [3.05, 3.63) is 18.0 Å². The molecule has 88 valence electrons. The molecule has 1 unspecified atom stereocenters. The Morgan fingerprint density at radius 2 is 2.50 bits per heavy atom. The fourth-order valence-electron chi connectivity index (χ4n) is 2.29. The lowest BCUT2D eigenvalue weighted by atomic mass is 9.92. The van der Waals surface area contributed by atoms with Crippen LogP contribution in [0.3, 0.4) is 0 Å². The molecule has 0 radical (unpaired) electrons. The molecule has 1 N–H and O–H groups in total. The summed E-state index contributed by atoms with van der Waals surface area (Å²) in [7, 11) is 0. The number of nitrogens with zero attached hydrogens (tertiary/aromatic N) is 2. The summed E-state index contributed by atoms with van der Waals surface area (Å²) in [5.74, 6) is 0.177. The van der Waals surface area contributed by atoms with Crippen molar-refractivity contribution in [2.45, 2.75) is 45.2 Å². The Labute approximate surface area is 96.0 Å². The van der Waals surface area contributed by atoms with E-state index in [2.05, 4.69) is 17.3 Å². The highest BCUT2D eigenvalue weighted by Gasteiger charge is 2.37. The first kappa shape index (κ1) is 11.3. The standard InChI is InChI=1S/C12H19N3O/c1-3-9-15-10(5-8-14-15)11(16)12(2)6-4-7-13-12/h5,8,13H,3-4,6-7,9H2,1-2H3. The minimum atomic E-state index is -0.383. The average Bonchev–Trinajstić information content (AvgIpc) is 2.88. The van der Waals surface area contributed by atoms with Crippen LogP contribution in [0.2, 0.25) is 0 Å². The molecule has 1 atom stereocenters. The number of aromatic nitrogens is 2. The summed E-state index contributed by atoms with van der Waals surface area (Å²) in [6, 6.07) is 1.82. The highest BCUT2D eigenvalue weighted by molar-refractivity contribution is 6.01. The van der Waals surface area contributed by atoms with Crippen LogP contribution in [0.5, 0.6) is 0 Å². The van der Waals surface area contributed by atoms with Gasteiger partial charge in [-0.1, -0.05) is 6.92 Å². The second kappa shape index (κ2) is 4.37. The van der Waals surface area contributed by atoms with Gasteiger partial charge in [-0.15, -0.1) is 0 Å². The molecule has 1 aliphatic heterocycles. The largest absolute Gasteiger partial charge is 0.305 e. The molecule has 0 aliphatic carbocycles. The van der Waals surface area contributed by atoms with Crippen molar-refractivity contribution in [2.24, 2.45) is 0 Å². The summed E-state index contributed by atoms with van der Waals surface area (Å²) in [6.45, 7) is 5.82. The maximum absolute atomic E-state index is 12.4. The Kier molecular flexibility index (Phi) is 3.10. The number of nitrogens with one attached hydrogen (secondary N) is 1. The second-order valence-electron chi connectivity index (χ2n) is 4.63. The Morgan fingerprint density at radius 1 is 1.69 bits per heavy atom. The van der Waals surface area contributed by atoms with Crippen LogP contribution in [-0.4, -0.2) is 27.6 Å². The Bertz CT molecular complexity index is 377. The summed E-state index contributed by atoms with van der Waals surface area (Å²) in [4.78, 5) is 12.4. The van der Waals surface area contributed by atoms with E-state index in [1.54, 1.807) is 6.20 Å². The molecule has 0 amide bonds. The van der Waals surface area contributed by atoms with Crippen LogP contribution < -0.4 is 5.32 Å². The van der Waals surface area contributed by atoms with Gasteiger partial charge in [0.2, 0.25) is 5.78 Å². The molecule has 4 nitrogen and oxygen atoms in total. The zero-order valence-corrected chi connectivity index (χ0v) is 9.99. The Morgan fingerprint density at radius 3 is 3.12 bits per heavy atom. The lowest BCUT2D eigenvalue weighted by molar-refractivity contribution is 0.0872. The summed E-state index contributed by atoms with van der Waals surface area (Å²) in [5.41, 5.74) is 0.352. The molecule has 1 aromatic heterocycles. The van der Waals surface area contributed by atoms with Gasteiger partial charge in [0, 0.05) is 12.7 Å². The van der Waals surface area contributed by atoms with Crippen LogP contribution in [0.25, 0.3) is 0 Å². The summed E-state index contributed by atoms with van der Waals surface area (Å²) in [5, 5.41) is 7.50. The molecule has 1 aromatic rings. The van der Waals surface area contributed by atoms with E-state index in [1.807, 2.05) is 17.7 Å². The summed E-state index contributed by atoms with van der Waals surface area (Å²) < 4.78 is 1.81. The minimum absolute atomic E-state index is 0.177. The fraction of sp³-hybridized carbons (Fsp3) is 0.667. The number of hydrogen-bond donors (Lipinski definition) is 1. The molecule has 0 saturated carbocycles. The Hall–Kier alpha value is -1.16. The monoisotopic (exact) mass is 221 g/mol. The first-order valence-electron chi connectivity index (χ1n) is 5.99. The minimum Gasteiger partial charge on any atom is -0.305 e. The van der Waals surface area contributed by atoms with Gasteiger partial charge < -0.3 is 5.32 Å². The first-order valence-corrected chi connectivity index (χ1v) is 5.99. The highest BCUT2D eigenvalue weighted by Crippen LogP contribution is 2.23. The van der Waals surface area contributed by atoms with Gasteiger partial charge in [0.25, 0.3) is 0 Å². The normalized spacial score (nSPS) is 24.9. The first-order chi connectivity index (χ1) is 7.67. The van der Waals surface area contributed by atoms with Gasteiger partial charge in [-0.2, -0.15) is 5.10 Å². The lowest BCUT2D eigenvalue weighted by Gasteiger charge is -2.22. The average molecular weight is 221 g/mol. The smallest absolute Gasteiger partial charge is 0.200 e. The molecule has 1 fully saturated rings. The van der Waals surface area contributed by atoms with E-state index >= 15 is 0 Å². The molecular formula is C12H19N3O. The molecule has 0 spiro atoms. The van der Waals surface area contributed by atoms with Gasteiger partial charge in [-0.3, -0.25) is 9.48 Å². The predicted octanol–water partition coefficient (Wildman–Crippen LogP) is 1.62. The van der Waals surface area contributed by atoms with E-state index in [-0.39, 0.29) is 11.3 Å². The molecule has 1 saturated heterocycles. The maximum atomic E-state index is 12.4. The molecule has 4 heteroatoms. The molecular weight excluding hydrogens is 202 g/mol. The second-order valence-corrected chi connectivity index (χ2v) is 4.63. The summed E-state index contributed by atoms with van der Waals surface area (Å²) >= 11 is 0. The van der Waals surface area contributed by atoms with Crippen LogP contribution in [0.1, 0.15) is 43.6 Å².